The van der Waals surface area contributed by atoms with Crippen LogP contribution in [0.2, 0.25) is 0 Å². The molecule has 0 aliphatic heterocycles. The van der Waals surface area contributed by atoms with E-state index in [9.17, 15) is 97.8 Å². The summed E-state index contributed by atoms with van der Waals surface area (Å²) in [5, 5.41) is 87.9. The maximum atomic E-state index is 14.6. The number of carboxylic acid groups (broad SMARTS) is 1. The molecule has 4 aromatic rings. The Morgan fingerprint density at radius 2 is 0.915 bits per heavy atom. The van der Waals surface area contributed by atoms with Crippen molar-refractivity contribution >= 4 is 93.7 Å². The molecule has 0 saturated heterocycles. The minimum Gasteiger partial charge on any atom is -0.508 e. The summed E-state index contributed by atoms with van der Waals surface area (Å²) in [6.45, 7) is 3.74. The van der Waals surface area contributed by atoms with Crippen LogP contribution in [0.1, 0.15) is 109 Å². The summed E-state index contributed by atoms with van der Waals surface area (Å²) in [7, 11) is 0. The molecule has 106 heavy (non-hydrogen) atoms. The number of aliphatic carboxylic acids is 1. The molecule has 13 amide bonds. The van der Waals surface area contributed by atoms with Crippen molar-refractivity contribution in [2.75, 3.05) is 26.2 Å². The molecule has 0 fully saturated rings. The highest BCUT2D eigenvalue weighted by Crippen LogP contribution is 2.21. The van der Waals surface area contributed by atoms with Gasteiger partial charge in [-0.15, -0.1) is 0 Å². The lowest BCUT2D eigenvalue weighted by Crippen LogP contribution is -2.62. The Bertz CT molecular complexity index is 3650. The van der Waals surface area contributed by atoms with Crippen LogP contribution in [0.15, 0.2) is 79.0 Å². The Morgan fingerprint density at radius 1 is 0.472 bits per heavy atom. The number of phenols is 2. The van der Waals surface area contributed by atoms with Crippen molar-refractivity contribution in [2.45, 2.75) is 190 Å². The number of aromatic hydroxyl groups is 2. The number of phenolic OH excluding ortho intramolecular Hbond substituents is 2. The average Bonchev–Trinajstić information content (AvgIpc) is 1.61. The van der Waals surface area contributed by atoms with E-state index in [1.807, 2.05) is 0 Å². The number of carboxylic acids is 1. The molecule has 0 aliphatic rings. The number of aromatic nitrogens is 1. The van der Waals surface area contributed by atoms with E-state index in [-0.39, 0.29) is 63.0 Å². The number of primary amides is 2. The van der Waals surface area contributed by atoms with Gasteiger partial charge in [0, 0.05) is 42.8 Å². The van der Waals surface area contributed by atoms with E-state index >= 15 is 0 Å². The largest absolute Gasteiger partial charge is 0.508 e. The van der Waals surface area contributed by atoms with Crippen LogP contribution < -0.4 is 87.2 Å². The molecule has 0 bridgehead atoms. The molecule has 0 unspecified atom stereocenters. The van der Waals surface area contributed by atoms with Crippen LogP contribution in [0.4, 0.5) is 0 Å². The highest BCUT2D eigenvalue weighted by molar-refractivity contribution is 6.00. The maximum absolute atomic E-state index is 14.6. The summed E-state index contributed by atoms with van der Waals surface area (Å²) in [6.07, 6.45) is -2.50. The molecule has 1 aromatic heterocycles. The fourth-order valence-corrected chi connectivity index (χ4v) is 10.9. The Morgan fingerprint density at radius 3 is 1.44 bits per heavy atom. The zero-order valence-electron chi connectivity index (χ0n) is 59.4. The minimum absolute atomic E-state index is 0.117. The van der Waals surface area contributed by atoms with E-state index < -0.39 is 200 Å². The number of hydrogen-bond acceptors (Lipinski definition) is 22. The zero-order valence-corrected chi connectivity index (χ0v) is 59.4. The summed E-state index contributed by atoms with van der Waals surface area (Å²) in [6, 6.07) is 0.247. The van der Waals surface area contributed by atoms with Crippen LogP contribution >= 0.6 is 0 Å². The normalized spacial score (nSPS) is 15.2. The van der Waals surface area contributed by atoms with Crippen molar-refractivity contribution in [2.24, 2.45) is 34.6 Å². The van der Waals surface area contributed by atoms with E-state index in [1.54, 1.807) is 44.3 Å². The number of fused-ring (bicyclic) bond motifs is 1. The molecular weight excluding hydrogens is 1390 g/mol. The number of hydrogen-bond donors (Lipinski definition) is 23. The number of benzene rings is 3. The number of carbonyl (C=O) groups is 14. The monoisotopic (exact) mass is 1490 g/mol. The van der Waals surface area contributed by atoms with Crippen LogP contribution in [0, 0.1) is 5.92 Å². The van der Waals surface area contributed by atoms with Gasteiger partial charge < -0.3 is 123 Å². The molecule has 14 atom stereocenters. The SMILES string of the molecule is CC[C@H](C)[C@H](NC(=O)[C@H](CCCCN)NC(=O)[C@@H](NC(=O)[C@H](CO)NC(=O)CNC(=O)[C@H](CC(N)=O)NC(=O)[C@H](CCC(N)=O)NC(=O)[C@H](Cc1ccc(O)cc1)NC(=O)[C@H](Cc1c[nH]c2ccccc12)NC(=O)[C@@H](N)CCCCN)[C@@H](C)O)C(=O)N[C@@H](Cc1ccc(O)cc1)C(=O)N[C@H](C(=O)O)[C@@H](C)O. The summed E-state index contributed by atoms with van der Waals surface area (Å²) in [4.78, 5) is 194. The maximum Gasteiger partial charge on any atom is 0.328 e. The molecular formula is C69H101N17O20. The fourth-order valence-electron chi connectivity index (χ4n) is 10.9. The molecule has 0 spiro atoms. The van der Waals surface area contributed by atoms with E-state index in [0.717, 1.165) is 13.8 Å². The number of carbonyl (C=O) groups excluding carboxylic acids is 13. The van der Waals surface area contributed by atoms with Crippen molar-refractivity contribution in [3.05, 3.63) is 95.7 Å². The molecule has 1 heterocycles. The van der Waals surface area contributed by atoms with E-state index in [2.05, 4.69) is 63.5 Å². The molecule has 37 heteroatoms. The van der Waals surface area contributed by atoms with Crippen LogP contribution in [0.25, 0.3) is 10.9 Å². The number of aromatic amines is 1. The van der Waals surface area contributed by atoms with Crippen molar-refractivity contribution in [3.63, 3.8) is 0 Å². The first-order valence-corrected chi connectivity index (χ1v) is 34.5. The highest BCUT2D eigenvalue weighted by atomic mass is 16.4. The van der Waals surface area contributed by atoms with Gasteiger partial charge >= 0.3 is 5.97 Å². The second-order valence-corrected chi connectivity index (χ2v) is 25.7. The quantitative estimate of drug-likeness (QED) is 0.0183. The molecule has 0 saturated carbocycles. The van der Waals surface area contributed by atoms with Gasteiger partial charge in [-0.05, 0) is 118 Å². The molecule has 37 nitrogen and oxygen atoms in total. The molecule has 3 aromatic carbocycles. The summed E-state index contributed by atoms with van der Waals surface area (Å²) < 4.78 is 0. The first-order valence-electron chi connectivity index (χ1n) is 34.5. The van der Waals surface area contributed by atoms with Crippen molar-refractivity contribution in [1.29, 1.82) is 0 Å². The number of nitrogens with two attached hydrogens (primary N) is 5. The number of H-pyrrole nitrogens is 1. The smallest absolute Gasteiger partial charge is 0.328 e. The second kappa shape index (κ2) is 44.1. The number of nitrogens with one attached hydrogen (secondary N) is 12. The van der Waals surface area contributed by atoms with Gasteiger partial charge in [0.25, 0.3) is 0 Å². The van der Waals surface area contributed by atoms with Crippen molar-refractivity contribution in [3.8, 4) is 11.5 Å². The third-order valence-corrected chi connectivity index (χ3v) is 17.1. The number of amides is 13. The average molecular weight is 1490 g/mol. The standard InChI is InChI=1S/C69H101N17O20/c1-5-35(2)56(67(103)83-49(29-39-18-22-42(91)23-19-39)65(101)86-58(37(4)89)69(105)106)84-62(98)46(15-9-11-27-71)79-68(104)57(36(3)88)85-66(102)52(34-87)77-55(94)33-76-60(96)51(31-54(74)93)82-61(97)47(24-25-53(73)92)78-63(99)48(28-38-16-20-41(90)21-17-38)81-64(100)50(80-59(95)44(72)13-8-10-26-70)30-40-32-75-45-14-7-6-12-43(40)45/h6-7,12,14,16-23,32,35-37,44,46-52,56-58,75,87-91H,5,8-11,13,15,24-31,33-34,70-72H2,1-4H3,(H2,73,92)(H2,74,93)(H,76,96)(H,77,94)(H,78,99)(H,79,104)(H,80,95)(H,81,100)(H,82,97)(H,83,103)(H,84,98)(H,85,102)(H,86,101)(H,105,106)/t35-,36+,37+,44-,46-,47-,48-,49-,50-,51-,52-,56-,57-,58-/m0/s1. The fraction of sp³-hybridized carbons (Fsp3) is 0.507. The zero-order chi connectivity index (χ0) is 78.9. The van der Waals surface area contributed by atoms with Crippen LogP contribution in [-0.2, 0) is 86.4 Å². The van der Waals surface area contributed by atoms with Crippen molar-refractivity contribution in [1.82, 2.24) is 63.5 Å². The van der Waals surface area contributed by atoms with Gasteiger partial charge in [-0.2, -0.15) is 0 Å². The van der Waals surface area contributed by atoms with Gasteiger partial charge in [0.15, 0.2) is 6.04 Å². The lowest BCUT2D eigenvalue weighted by atomic mass is 9.96. The number of aliphatic hydroxyl groups is 3. The second-order valence-electron chi connectivity index (χ2n) is 25.7. The predicted octanol–water partition coefficient (Wildman–Crippen LogP) is -5.82. The van der Waals surface area contributed by atoms with Gasteiger partial charge in [-0.1, -0.05) is 69.2 Å². The van der Waals surface area contributed by atoms with Gasteiger partial charge in [-0.25, -0.2) is 4.79 Å². The Balaban J connectivity index is 1.51. The van der Waals surface area contributed by atoms with Crippen LogP contribution in [0.5, 0.6) is 11.5 Å². The van der Waals surface area contributed by atoms with Gasteiger partial charge in [0.1, 0.15) is 65.9 Å². The third kappa shape index (κ3) is 29.0. The molecule has 28 N–H and O–H groups in total. The predicted molar refractivity (Wildman–Crippen MR) is 382 cm³/mol. The lowest BCUT2D eigenvalue weighted by molar-refractivity contribution is -0.145. The lowest BCUT2D eigenvalue weighted by Gasteiger charge is -2.30. The number of rotatable bonds is 47. The third-order valence-electron chi connectivity index (χ3n) is 17.1. The number of aliphatic hydroxyl groups excluding tert-OH is 3. The van der Waals surface area contributed by atoms with Crippen LogP contribution in [-0.4, -0.2) is 223 Å². The van der Waals surface area contributed by atoms with Crippen LogP contribution in [0.3, 0.4) is 0 Å². The molecule has 582 valence electrons. The number of para-hydroxylation sites is 1. The van der Waals surface area contributed by atoms with Gasteiger partial charge in [0.2, 0.25) is 76.8 Å². The Hall–Kier alpha value is -10.9. The van der Waals surface area contributed by atoms with Gasteiger partial charge in [0.05, 0.1) is 37.8 Å². The Labute approximate surface area is 610 Å². The summed E-state index contributed by atoms with van der Waals surface area (Å²) >= 11 is 0. The molecule has 4 rings (SSSR count). The Kier molecular flexibility index (Phi) is 36.4. The molecule has 0 aliphatic carbocycles. The molecule has 0 radical (unpaired) electrons. The first kappa shape index (κ1) is 87.5. The first-order chi connectivity index (χ1) is 50.2. The highest BCUT2D eigenvalue weighted by Gasteiger charge is 2.38. The van der Waals surface area contributed by atoms with Gasteiger partial charge in [-0.3, -0.25) is 62.3 Å². The summed E-state index contributed by atoms with van der Waals surface area (Å²) in [5.74, 6) is -16.4. The van der Waals surface area contributed by atoms with E-state index in [1.165, 1.54) is 48.5 Å². The van der Waals surface area contributed by atoms with E-state index in [0.29, 0.717) is 53.4 Å². The number of unbranched alkanes of at least 4 members (excludes halogenated alkanes) is 2. The topological polar surface area (TPSA) is 639 Å². The van der Waals surface area contributed by atoms with E-state index in [4.69, 9.17) is 28.7 Å². The minimum atomic E-state index is -1.93. The van der Waals surface area contributed by atoms with Crippen molar-refractivity contribution < 1.29 is 97.8 Å². The summed E-state index contributed by atoms with van der Waals surface area (Å²) in [5.41, 5.74) is 30.6.